The highest BCUT2D eigenvalue weighted by molar-refractivity contribution is 5.93. The maximum Gasteiger partial charge on any atom is 0.274 e. The number of carbonyl (C=O) groups excluding carboxylic acids is 1. The van der Waals surface area contributed by atoms with Crippen LogP contribution in [-0.4, -0.2) is 44.6 Å². The Hall–Kier alpha value is -2.44. The molecule has 0 bridgehead atoms. The average molecular weight is 328 g/mol. The Morgan fingerprint density at radius 1 is 1.38 bits per heavy atom. The van der Waals surface area contributed by atoms with Crippen molar-refractivity contribution in [2.75, 3.05) is 18.9 Å². The number of hydrogen-bond donors (Lipinski definition) is 2. The zero-order valence-electron chi connectivity index (χ0n) is 14.6. The van der Waals surface area contributed by atoms with Crippen molar-refractivity contribution in [3.8, 4) is 0 Å². The minimum Gasteiger partial charge on any atom is -0.372 e. The number of anilines is 1. The lowest BCUT2D eigenvalue weighted by atomic mass is 9.92. The molecule has 1 saturated heterocycles. The van der Waals surface area contributed by atoms with Crippen LogP contribution < -0.4 is 5.32 Å². The molecule has 128 valence electrons. The number of aromatic nitrogens is 4. The van der Waals surface area contributed by atoms with Crippen molar-refractivity contribution in [2.45, 2.75) is 45.1 Å². The van der Waals surface area contributed by atoms with Crippen LogP contribution in [0.5, 0.6) is 0 Å². The SMILES string of the molecule is CNc1cncc([C@H]2CCCN2C(=O)c2cc(C(C)(C)C)[nH]n2)n1. The second kappa shape index (κ2) is 6.22. The van der Waals surface area contributed by atoms with Crippen molar-refractivity contribution in [3.05, 3.63) is 35.5 Å². The van der Waals surface area contributed by atoms with Crippen molar-refractivity contribution in [1.29, 1.82) is 0 Å². The topological polar surface area (TPSA) is 86.8 Å². The van der Waals surface area contributed by atoms with Crippen molar-refractivity contribution in [3.63, 3.8) is 0 Å². The average Bonchev–Trinajstić information content (AvgIpc) is 3.23. The number of nitrogens with zero attached hydrogens (tertiary/aromatic N) is 4. The summed E-state index contributed by atoms with van der Waals surface area (Å²) >= 11 is 0. The van der Waals surface area contributed by atoms with E-state index in [1.54, 1.807) is 12.4 Å². The van der Waals surface area contributed by atoms with Gasteiger partial charge in [0, 0.05) is 24.7 Å². The Kier molecular flexibility index (Phi) is 4.26. The van der Waals surface area contributed by atoms with Crippen LogP contribution in [-0.2, 0) is 5.41 Å². The van der Waals surface area contributed by atoms with Gasteiger partial charge in [-0.1, -0.05) is 20.8 Å². The number of carbonyl (C=O) groups is 1. The highest BCUT2D eigenvalue weighted by Gasteiger charge is 2.33. The highest BCUT2D eigenvalue weighted by Crippen LogP contribution is 2.32. The quantitative estimate of drug-likeness (QED) is 0.904. The molecule has 0 spiro atoms. The van der Waals surface area contributed by atoms with E-state index in [9.17, 15) is 4.79 Å². The molecule has 1 fully saturated rings. The molecule has 0 unspecified atom stereocenters. The fraction of sp³-hybridized carbons (Fsp3) is 0.529. The maximum atomic E-state index is 12.9. The Bertz CT molecular complexity index is 733. The van der Waals surface area contributed by atoms with Crippen molar-refractivity contribution in [2.24, 2.45) is 0 Å². The van der Waals surface area contributed by atoms with Gasteiger partial charge in [0.25, 0.3) is 5.91 Å². The molecular formula is C17H24N6O. The van der Waals surface area contributed by atoms with Crippen LogP contribution in [0, 0.1) is 0 Å². The Labute approximate surface area is 141 Å². The number of nitrogens with one attached hydrogen (secondary N) is 2. The van der Waals surface area contributed by atoms with Crippen molar-refractivity contribution < 1.29 is 4.79 Å². The number of H-pyrrole nitrogens is 1. The third-order valence-corrected chi connectivity index (χ3v) is 4.37. The zero-order chi connectivity index (χ0) is 17.3. The van der Waals surface area contributed by atoms with E-state index in [1.807, 2.05) is 18.0 Å². The van der Waals surface area contributed by atoms with Crippen LogP contribution in [0.2, 0.25) is 0 Å². The van der Waals surface area contributed by atoms with Crippen LogP contribution in [0.15, 0.2) is 18.5 Å². The van der Waals surface area contributed by atoms with E-state index in [0.717, 1.165) is 24.2 Å². The molecule has 7 heteroatoms. The molecule has 7 nitrogen and oxygen atoms in total. The lowest BCUT2D eigenvalue weighted by Crippen LogP contribution is -2.31. The summed E-state index contributed by atoms with van der Waals surface area (Å²) in [6.07, 6.45) is 5.26. The monoisotopic (exact) mass is 328 g/mol. The smallest absolute Gasteiger partial charge is 0.274 e. The first-order valence-electron chi connectivity index (χ1n) is 8.26. The molecule has 3 rings (SSSR count). The van der Waals surface area contributed by atoms with Crippen LogP contribution >= 0.6 is 0 Å². The standard InChI is InChI=1S/C17H24N6O/c1-17(2,3)14-8-11(21-22-14)16(24)23-7-5-6-13(23)12-9-19-10-15(18-4)20-12/h8-10,13H,5-7H2,1-4H3,(H,18,20)(H,21,22)/t13-/m1/s1. The van der Waals surface area contributed by atoms with Gasteiger partial charge in [-0.15, -0.1) is 0 Å². The Balaban J connectivity index is 1.84. The van der Waals surface area contributed by atoms with E-state index >= 15 is 0 Å². The first kappa shape index (κ1) is 16.4. The van der Waals surface area contributed by atoms with Gasteiger partial charge in [-0.05, 0) is 18.9 Å². The molecule has 1 aliphatic rings. The lowest BCUT2D eigenvalue weighted by molar-refractivity contribution is 0.0726. The predicted molar refractivity (Wildman–Crippen MR) is 91.9 cm³/mol. The molecule has 2 N–H and O–H groups in total. The number of amides is 1. The second-order valence-electron chi connectivity index (χ2n) is 7.15. The number of likely N-dealkylation sites (tertiary alicyclic amines) is 1. The van der Waals surface area contributed by atoms with E-state index in [1.165, 1.54) is 0 Å². The third-order valence-electron chi connectivity index (χ3n) is 4.37. The molecule has 3 heterocycles. The van der Waals surface area contributed by atoms with Gasteiger partial charge in [-0.3, -0.25) is 14.9 Å². The van der Waals surface area contributed by atoms with Gasteiger partial charge in [0.2, 0.25) is 0 Å². The van der Waals surface area contributed by atoms with Gasteiger partial charge >= 0.3 is 0 Å². The molecule has 2 aromatic heterocycles. The Morgan fingerprint density at radius 2 is 2.17 bits per heavy atom. The molecule has 0 aromatic carbocycles. The summed E-state index contributed by atoms with van der Waals surface area (Å²) < 4.78 is 0. The molecular weight excluding hydrogens is 304 g/mol. The fourth-order valence-electron chi connectivity index (χ4n) is 2.94. The molecule has 2 aromatic rings. The molecule has 0 saturated carbocycles. The molecule has 24 heavy (non-hydrogen) atoms. The summed E-state index contributed by atoms with van der Waals surface area (Å²) in [6.45, 7) is 6.98. The zero-order valence-corrected chi connectivity index (χ0v) is 14.6. The minimum atomic E-state index is -0.0669. The minimum absolute atomic E-state index is 0.0481. The first-order valence-corrected chi connectivity index (χ1v) is 8.26. The molecule has 1 atom stereocenters. The van der Waals surface area contributed by atoms with Gasteiger partial charge in [0.1, 0.15) is 11.5 Å². The normalized spacial score (nSPS) is 18.0. The number of rotatable bonds is 3. The fourth-order valence-corrected chi connectivity index (χ4v) is 2.94. The summed E-state index contributed by atoms with van der Waals surface area (Å²) in [5, 5.41) is 10.2. The van der Waals surface area contributed by atoms with E-state index in [4.69, 9.17) is 0 Å². The Morgan fingerprint density at radius 3 is 2.83 bits per heavy atom. The largest absolute Gasteiger partial charge is 0.372 e. The molecule has 0 aliphatic carbocycles. The van der Waals surface area contributed by atoms with Crippen molar-refractivity contribution >= 4 is 11.7 Å². The van der Waals surface area contributed by atoms with E-state index < -0.39 is 0 Å². The van der Waals surface area contributed by atoms with Gasteiger partial charge in [0.05, 0.1) is 24.1 Å². The van der Waals surface area contributed by atoms with Gasteiger partial charge in [0.15, 0.2) is 0 Å². The van der Waals surface area contributed by atoms with Gasteiger partial charge in [-0.25, -0.2) is 4.98 Å². The van der Waals surface area contributed by atoms with Crippen LogP contribution in [0.4, 0.5) is 5.82 Å². The van der Waals surface area contributed by atoms with Gasteiger partial charge < -0.3 is 10.2 Å². The molecule has 1 amide bonds. The summed E-state index contributed by atoms with van der Waals surface area (Å²) in [7, 11) is 1.81. The summed E-state index contributed by atoms with van der Waals surface area (Å²) in [5.41, 5.74) is 2.17. The molecule has 0 radical (unpaired) electrons. The van der Waals surface area contributed by atoms with E-state index in [0.29, 0.717) is 18.1 Å². The third kappa shape index (κ3) is 3.11. The van der Waals surface area contributed by atoms with Crippen LogP contribution in [0.25, 0.3) is 0 Å². The summed E-state index contributed by atoms with van der Waals surface area (Å²) in [6, 6.07) is 1.81. The second-order valence-corrected chi connectivity index (χ2v) is 7.15. The lowest BCUT2D eigenvalue weighted by Gasteiger charge is -2.23. The number of aromatic amines is 1. The van der Waals surface area contributed by atoms with Crippen LogP contribution in [0.1, 0.15) is 61.5 Å². The maximum absolute atomic E-state index is 12.9. The van der Waals surface area contributed by atoms with E-state index in [-0.39, 0.29) is 17.4 Å². The summed E-state index contributed by atoms with van der Waals surface area (Å²) in [4.78, 5) is 23.5. The van der Waals surface area contributed by atoms with Gasteiger partial charge in [-0.2, -0.15) is 5.10 Å². The van der Waals surface area contributed by atoms with E-state index in [2.05, 4.69) is 46.3 Å². The highest BCUT2D eigenvalue weighted by atomic mass is 16.2. The summed E-state index contributed by atoms with van der Waals surface area (Å²) in [5.74, 6) is 0.655. The first-order chi connectivity index (χ1) is 11.4. The van der Waals surface area contributed by atoms with Crippen molar-refractivity contribution in [1.82, 2.24) is 25.1 Å². The number of hydrogen-bond acceptors (Lipinski definition) is 5. The molecule has 1 aliphatic heterocycles. The van der Waals surface area contributed by atoms with Crippen LogP contribution in [0.3, 0.4) is 0 Å². The predicted octanol–water partition coefficient (Wildman–Crippen LogP) is 2.52.